The van der Waals surface area contributed by atoms with Gasteiger partial charge in [0.25, 0.3) is 0 Å². The van der Waals surface area contributed by atoms with Gasteiger partial charge in [-0.2, -0.15) is 0 Å². The van der Waals surface area contributed by atoms with Crippen molar-refractivity contribution in [2.45, 2.75) is 19.3 Å². The van der Waals surface area contributed by atoms with Crippen LogP contribution in [0.25, 0.3) is 0 Å². The first-order valence-corrected chi connectivity index (χ1v) is 6.52. The summed E-state index contributed by atoms with van der Waals surface area (Å²) in [5.41, 5.74) is 5.32. The molecule has 2 rings (SSSR count). The molecule has 0 atom stereocenters. The Hall–Kier alpha value is -1.43. The van der Waals surface area contributed by atoms with Gasteiger partial charge in [0.15, 0.2) is 0 Å². The lowest BCUT2D eigenvalue weighted by molar-refractivity contribution is -0.135. The number of hydrogen-bond donors (Lipinski definition) is 2. The Labute approximate surface area is 113 Å². The molecule has 3 N–H and O–H groups in total. The Morgan fingerprint density at radius 3 is 2.67 bits per heavy atom. The summed E-state index contributed by atoms with van der Waals surface area (Å²) in [6.07, 6.45) is 3.56. The lowest BCUT2D eigenvalue weighted by Gasteiger charge is -2.11. The van der Waals surface area contributed by atoms with Gasteiger partial charge >= 0.3 is 0 Å². The maximum Gasteiger partial charge on any atom is 0.235 e. The highest BCUT2D eigenvalue weighted by atomic mass is 79.9. The molecule has 6 heteroatoms. The maximum atomic E-state index is 11.8. The molecule has 1 saturated carbocycles. The lowest BCUT2D eigenvalue weighted by Crippen LogP contribution is -2.41. The molecule has 18 heavy (non-hydrogen) atoms. The number of nitrogens with two attached hydrogens (primary N) is 1. The molecule has 0 bridgehead atoms. The standard InChI is InChI=1S/C12H14BrN3O2/c13-9-2-1-8(7-16-9)3-6-15-11(18)12(4-5-12)10(14)17/h1-2,7H,3-6H2,(H2,14,17)(H,15,18). The van der Waals surface area contributed by atoms with E-state index in [0.717, 1.165) is 10.2 Å². The zero-order valence-electron chi connectivity index (χ0n) is 9.78. The van der Waals surface area contributed by atoms with Gasteiger partial charge in [-0.05, 0) is 46.8 Å². The molecular weight excluding hydrogens is 298 g/mol. The van der Waals surface area contributed by atoms with Crippen molar-refractivity contribution < 1.29 is 9.59 Å². The average Bonchev–Trinajstić information content (AvgIpc) is 3.13. The van der Waals surface area contributed by atoms with Gasteiger partial charge < -0.3 is 11.1 Å². The highest BCUT2D eigenvalue weighted by Gasteiger charge is 2.55. The van der Waals surface area contributed by atoms with Crippen LogP contribution in [0.4, 0.5) is 0 Å². The zero-order chi connectivity index (χ0) is 13.2. The molecule has 0 saturated heterocycles. The van der Waals surface area contributed by atoms with E-state index < -0.39 is 11.3 Å². The van der Waals surface area contributed by atoms with Gasteiger partial charge in [0, 0.05) is 12.7 Å². The first-order chi connectivity index (χ1) is 8.54. The fourth-order valence-corrected chi connectivity index (χ4v) is 1.99. The third-order valence-electron chi connectivity index (χ3n) is 3.14. The molecule has 0 radical (unpaired) electrons. The van der Waals surface area contributed by atoms with E-state index in [1.54, 1.807) is 6.20 Å². The van der Waals surface area contributed by atoms with Gasteiger partial charge in [0.1, 0.15) is 10.0 Å². The van der Waals surface area contributed by atoms with E-state index >= 15 is 0 Å². The smallest absolute Gasteiger partial charge is 0.235 e. The maximum absolute atomic E-state index is 11.8. The van der Waals surface area contributed by atoms with Crippen LogP contribution in [0.15, 0.2) is 22.9 Å². The SMILES string of the molecule is NC(=O)C1(C(=O)NCCc2ccc(Br)nc2)CC1. The first-order valence-electron chi connectivity index (χ1n) is 5.73. The normalized spacial score (nSPS) is 16.1. The van der Waals surface area contributed by atoms with E-state index in [1.807, 2.05) is 12.1 Å². The number of primary amides is 1. The molecule has 2 amide bonds. The van der Waals surface area contributed by atoms with Crippen molar-refractivity contribution in [2.75, 3.05) is 6.54 Å². The van der Waals surface area contributed by atoms with E-state index in [0.29, 0.717) is 25.8 Å². The van der Waals surface area contributed by atoms with Gasteiger partial charge in [0.2, 0.25) is 11.8 Å². The number of aromatic nitrogens is 1. The third kappa shape index (κ3) is 2.69. The second kappa shape index (κ2) is 5.06. The first kappa shape index (κ1) is 13.0. The topological polar surface area (TPSA) is 85.1 Å². The number of rotatable bonds is 5. The summed E-state index contributed by atoms with van der Waals surface area (Å²) in [6, 6.07) is 3.78. The van der Waals surface area contributed by atoms with Gasteiger partial charge in [0.05, 0.1) is 0 Å². The number of carbonyl (C=O) groups is 2. The molecule has 1 aromatic rings. The van der Waals surface area contributed by atoms with E-state index in [9.17, 15) is 9.59 Å². The third-order valence-corrected chi connectivity index (χ3v) is 3.61. The van der Waals surface area contributed by atoms with Crippen molar-refractivity contribution in [1.82, 2.24) is 10.3 Å². The van der Waals surface area contributed by atoms with Crippen LogP contribution < -0.4 is 11.1 Å². The summed E-state index contributed by atoms with van der Waals surface area (Å²) in [4.78, 5) is 27.0. The minimum absolute atomic E-state index is 0.250. The zero-order valence-corrected chi connectivity index (χ0v) is 11.4. The fourth-order valence-electron chi connectivity index (χ4n) is 1.75. The number of carbonyl (C=O) groups excluding carboxylic acids is 2. The van der Waals surface area contributed by atoms with Crippen molar-refractivity contribution in [2.24, 2.45) is 11.1 Å². The summed E-state index contributed by atoms with van der Waals surface area (Å²) in [5.74, 6) is -0.773. The predicted octanol–water partition coefficient (Wildman–Crippen LogP) is 0.768. The highest BCUT2D eigenvalue weighted by Crippen LogP contribution is 2.45. The van der Waals surface area contributed by atoms with E-state index in [2.05, 4.69) is 26.2 Å². The van der Waals surface area contributed by atoms with Crippen LogP contribution in [-0.2, 0) is 16.0 Å². The van der Waals surface area contributed by atoms with Crippen molar-refractivity contribution in [3.05, 3.63) is 28.5 Å². The van der Waals surface area contributed by atoms with Crippen LogP contribution in [0.3, 0.4) is 0 Å². The van der Waals surface area contributed by atoms with Crippen LogP contribution in [0.5, 0.6) is 0 Å². The van der Waals surface area contributed by atoms with Crippen molar-refractivity contribution in [1.29, 1.82) is 0 Å². The average molecular weight is 312 g/mol. The van der Waals surface area contributed by atoms with Crippen LogP contribution in [0, 0.1) is 5.41 Å². The minimum Gasteiger partial charge on any atom is -0.369 e. The van der Waals surface area contributed by atoms with Crippen molar-refractivity contribution in [3.63, 3.8) is 0 Å². The molecule has 0 aliphatic heterocycles. The van der Waals surface area contributed by atoms with E-state index in [-0.39, 0.29) is 5.91 Å². The van der Waals surface area contributed by atoms with Crippen LogP contribution in [0.2, 0.25) is 0 Å². The van der Waals surface area contributed by atoms with E-state index in [4.69, 9.17) is 5.73 Å². The molecule has 0 spiro atoms. The number of pyridine rings is 1. The molecule has 1 aliphatic rings. The largest absolute Gasteiger partial charge is 0.369 e. The Bertz CT molecular complexity index is 469. The number of amides is 2. The van der Waals surface area contributed by atoms with Crippen LogP contribution >= 0.6 is 15.9 Å². The van der Waals surface area contributed by atoms with Gasteiger partial charge in [-0.1, -0.05) is 6.07 Å². The molecular formula is C12H14BrN3O2. The Kier molecular flexibility index (Phi) is 3.65. The Balaban J connectivity index is 1.81. The van der Waals surface area contributed by atoms with Crippen LogP contribution in [0.1, 0.15) is 18.4 Å². The molecule has 5 nitrogen and oxygen atoms in total. The summed E-state index contributed by atoms with van der Waals surface area (Å²) in [6.45, 7) is 0.483. The van der Waals surface area contributed by atoms with Gasteiger partial charge in [-0.25, -0.2) is 4.98 Å². The number of nitrogens with zero attached hydrogens (tertiary/aromatic N) is 1. The fraction of sp³-hybridized carbons (Fsp3) is 0.417. The molecule has 1 heterocycles. The lowest BCUT2D eigenvalue weighted by atomic mass is 10.1. The molecule has 1 aliphatic carbocycles. The highest BCUT2D eigenvalue weighted by molar-refractivity contribution is 9.10. The Morgan fingerprint density at radius 1 is 1.44 bits per heavy atom. The quantitative estimate of drug-likeness (QED) is 0.622. The van der Waals surface area contributed by atoms with Crippen molar-refractivity contribution in [3.8, 4) is 0 Å². The molecule has 1 fully saturated rings. The van der Waals surface area contributed by atoms with Crippen LogP contribution in [-0.4, -0.2) is 23.3 Å². The molecule has 1 aromatic heterocycles. The Morgan fingerprint density at radius 2 is 2.17 bits per heavy atom. The minimum atomic E-state index is -0.933. The van der Waals surface area contributed by atoms with Gasteiger partial charge in [-0.3, -0.25) is 9.59 Å². The summed E-state index contributed by atoms with van der Waals surface area (Å²) in [5, 5.41) is 2.75. The molecule has 0 aromatic carbocycles. The van der Waals surface area contributed by atoms with E-state index in [1.165, 1.54) is 0 Å². The monoisotopic (exact) mass is 311 g/mol. The summed E-state index contributed by atoms with van der Waals surface area (Å²) >= 11 is 3.25. The predicted molar refractivity (Wildman–Crippen MR) is 69.5 cm³/mol. The molecule has 0 unspecified atom stereocenters. The second-order valence-electron chi connectivity index (χ2n) is 4.44. The second-order valence-corrected chi connectivity index (χ2v) is 5.25. The molecule has 96 valence electrons. The number of halogens is 1. The van der Waals surface area contributed by atoms with Gasteiger partial charge in [-0.15, -0.1) is 0 Å². The summed E-state index contributed by atoms with van der Waals surface area (Å²) in [7, 11) is 0. The summed E-state index contributed by atoms with van der Waals surface area (Å²) < 4.78 is 0.779. The number of nitrogens with one attached hydrogen (secondary N) is 1. The number of hydrogen-bond acceptors (Lipinski definition) is 3. The van der Waals surface area contributed by atoms with Crippen molar-refractivity contribution >= 4 is 27.7 Å².